The van der Waals surface area contributed by atoms with Gasteiger partial charge in [0.2, 0.25) is 3.79 Å². The zero-order valence-electron chi connectivity index (χ0n) is 10.6. The highest BCUT2D eigenvalue weighted by Crippen LogP contribution is 2.33. The Hall–Kier alpha value is -1.23. The molecule has 0 saturated heterocycles. The number of ketones is 1. The van der Waals surface area contributed by atoms with E-state index in [4.69, 9.17) is 40.5 Å². The zero-order chi connectivity index (χ0) is 15.3. The summed E-state index contributed by atoms with van der Waals surface area (Å²) in [6, 6.07) is 9.18. The molecule has 20 heavy (non-hydrogen) atoms. The van der Waals surface area contributed by atoms with E-state index in [0.717, 1.165) is 5.56 Å². The third-order valence-corrected chi connectivity index (χ3v) is 3.06. The van der Waals surface area contributed by atoms with E-state index in [0.29, 0.717) is 0 Å². The van der Waals surface area contributed by atoms with Crippen LogP contribution in [0.3, 0.4) is 0 Å². The van der Waals surface area contributed by atoms with Crippen molar-refractivity contribution < 1.29 is 9.59 Å². The van der Waals surface area contributed by atoms with E-state index in [1.165, 1.54) is 6.92 Å². The number of benzene rings is 1. The second-order valence-corrected chi connectivity index (χ2v) is 6.29. The number of Topliss-reactive ketones (excluding diaryl/α,β-unsaturated/α-hetero) is 1. The van der Waals surface area contributed by atoms with E-state index in [-0.39, 0.29) is 17.8 Å². The average Bonchev–Trinajstić information content (AvgIpc) is 2.36. The molecule has 0 aliphatic carbocycles. The van der Waals surface area contributed by atoms with E-state index in [1.807, 2.05) is 30.3 Å². The smallest absolute Gasteiger partial charge is 0.257 e. The number of allylic oxidation sites excluding steroid dienone is 1. The molecule has 1 aromatic rings. The first-order valence-electron chi connectivity index (χ1n) is 5.63. The highest BCUT2D eigenvalue weighted by molar-refractivity contribution is 6.69. The van der Waals surface area contributed by atoms with Gasteiger partial charge in [-0.05, 0) is 12.5 Å². The Morgan fingerprint density at radius 3 is 2.20 bits per heavy atom. The number of rotatable bonds is 4. The quantitative estimate of drug-likeness (QED) is 0.384. The van der Waals surface area contributed by atoms with Gasteiger partial charge >= 0.3 is 0 Å². The fourth-order valence-corrected chi connectivity index (χ4v) is 1.76. The minimum absolute atomic E-state index is 0.240. The Bertz CT molecular complexity index is 536. The van der Waals surface area contributed by atoms with Gasteiger partial charge in [0.15, 0.2) is 5.78 Å². The molecule has 0 aliphatic heterocycles. The normalized spacial score (nSPS) is 12.6. The molecule has 1 aromatic carbocycles. The monoisotopic (exact) mass is 334 g/mol. The number of halogens is 3. The van der Waals surface area contributed by atoms with Gasteiger partial charge in [-0.15, -0.1) is 0 Å². The molecule has 1 amide bonds. The zero-order valence-corrected chi connectivity index (χ0v) is 12.9. The SMILES string of the molecule is CC(=O)/C(C(=O)NCc1ccccc1)=C(/N)C(Cl)(Cl)Cl. The predicted molar refractivity (Wildman–Crippen MR) is 80.5 cm³/mol. The molecular weight excluding hydrogens is 323 g/mol. The van der Waals surface area contributed by atoms with Crippen molar-refractivity contribution in [2.75, 3.05) is 0 Å². The van der Waals surface area contributed by atoms with Crippen LogP contribution in [0.2, 0.25) is 0 Å². The average molecular weight is 336 g/mol. The Morgan fingerprint density at radius 2 is 1.75 bits per heavy atom. The summed E-state index contributed by atoms with van der Waals surface area (Å²) in [7, 11) is 0. The van der Waals surface area contributed by atoms with Gasteiger partial charge in [-0.25, -0.2) is 0 Å². The molecule has 0 radical (unpaired) electrons. The van der Waals surface area contributed by atoms with Crippen molar-refractivity contribution in [2.45, 2.75) is 17.3 Å². The van der Waals surface area contributed by atoms with E-state index >= 15 is 0 Å². The summed E-state index contributed by atoms with van der Waals surface area (Å²) in [5.74, 6) is -1.25. The molecule has 0 unspecified atom stereocenters. The van der Waals surface area contributed by atoms with Crippen LogP contribution in [0.15, 0.2) is 41.6 Å². The lowest BCUT2D eigenvalue weighted by molar-refractivity contribution is -0.121. The van der Waals surface area contributed by atoms with Gasteiger partial charge in [0, 0.05) is 6.54 Å². The van der Waals surface area contributed by atoms with Crippen LogP contribution < -0.4 is 11.1 Å². The fraction of sp³-hybridized carbons (Fsp3) is 0.231. The molecule has 0 spiro atoms. The van der Waals surface area contributed by atoms with Crippen LogP contribution in [0.5, 0.6) is 0 Å². The van der Waals surface area contributed by atoms with Gasteiger partial charge in [0.25, 0.3) is 5.91 Å². The van der Waals surface area contributed by atoms with Crippen molar-refractivity contribution in [2.24, 2.45) is 5.73 Å². The highest BCUT2D eigenvalue weighted by Gasteiger charge is 2.31. The Balaban J connectivity index is 2.90. The molecule has 0 bridgehead atoms. The second kappa shape index (κ2) is 6.97. The van der Waals surface area contributed by atoms with Crippen LogP contribution in [-0.4, -0.2) is 15.5 Å². The standard InChI is InChI=1S/C13H13Cl3N2O2/c1-8(19)10(11(17)13(14,15)16)12(20)18-7-9-5-3-2-4-6-9/h2-6H,7,17H2,1H3,(H,18,20)/b11-10-. The highest BCUT2D eigenvalue weighted by atomic mass is 35.6. The van der Waals surface area contributed by atoms with Crippen LogP contribution in [0.1, 0.15) is 12.5 Å². The van der Waals surface area contributed by atoms with Crippen molar-refractivity contribution >= 4 is 46.5 Å². The molecule has 108 valence electrons. The lowest BCUT2D eigenvalue weighted by Crippen LogP contribution is -2.32. The number of amides is 1. The molecule has 0 fully saturated rings. The second-order valence-electron chi connectivity index (χ2n) is 4.01. The number of nitrogens with two attached hydrogens (primary N) is 1. The van der Waals surface area contributed by atoms with Crippen molar-refractivity contribution in [1.82, 2.24) is 5.32 Å². The van der Waals surface area contributed by atoms with Crippen LogP contribution in [0.4, 0.5) is 0 Å². The summed E-state index contributed by atoms with van der Waals surface area (Å²) in [6.07, 6.45) is 0. The van der Waals surface area contributed by atoms with Crippen LogP contribution >= 0.6 is 34.8 Å². The number of carbonyl (C=O) groups is 2. The molecule has 4 nitrogen and oxygen atoms in total. The van der Waals surface area contributed by atoms with Crippen molar-refractivity contribution in [3.8, 4) is 0 Å². The van der Waals surface area contributed by atoms with Crippen molar-refractivity contribution in [1.29, 1.82) is 0 Å². The maximum Gasteiger partial charge on any atom is 0.257 e. The first-order chi connectivity index (χ1) is 9.23. The summed E-state index contributed by atoms with van der Waals surface area (Å²) in [6.45, 7) is 1.42. The molecule has 0 aromatic heterocycles. The largest absolute Gasteiger partial charge is 0.398 e. The third-order valence-electron chi connectivity index (χ3n) is 2.45. The van der Waals surface area contributed by atoms with Gasteiger partial charge in [-0.1, -0.05) is 65.1 Å². The minimum atomic E-state index is -2.01. The molecule has 0 atom stereocenters. The lowest BCUT2D eigenvalue weighted by Gasteiger charge is -2.15. The number of alkyl halides is 3. The summed E-state index contributed by atoms with van der Waals surface area (Å²) in [5, 5.41) is 2.56. The Labute approximate surface area is 131 Å². The van der Waals surface area contributed by atoms with Crippen LogP contribution in [0.25, 0.3) is 0 Å². The molecule has 0 heterocycles. The van der Waals surface area contributed by atoms with E-state index in [2.05, 4.69) is 5.32 Å². The Morgan fingerprint density at radius 1 is 1.20 bits per heavy atom. The first-order valence-corrected chi connectivity index (χ1v) is 6.77. The van der Waals surface area contributed by atoms with Gasteiger partial charge in [0.1, 0.15) is 5.57 Å². The molecule has 7 heteroatoms. The number of hydrogen-bond acceptors (Lipinski definition) is 3. The molecule has 0 saturated carbocycles. The first kappa shape index (κ1) is 16.8. The molecular formula is C13H13Cl3N2O2. The lowest BCUT2D eigenvalue weighted by atomic mass is 10.1. The minimum Gasteiger partial charge on any atom is -0.398 e. The van der Waals surface area contributed by atoms with Gasteiger partial charge in [-0.3, -0.25) is 9.59 Å². The van der Waals surface area contributed by atoms with Crippen molar-refractivity contribution in [3.05, 3.63) is 47.2 Å². The van der Waals surface area contributed by atoms with Gasteiger partial charge in [0.05, 0.1) is 5.70 Å². The van der Waals surface area contributed by atoms with E-state index in [9.17, 15) is 9.59 Å². The van der Waals surface area contributed by atoms with Crippen molar-refractivity contribution in [3.63, 3.8) is 0 Å². The summed E-state index contributed by atoms with van der Waals surface area (Å²) in [5.41, 5.74) is 5.70. The maximum absolute atomic E-state index is 12.0. The van der Waals surface area contributed by atoms with Crippen LogP contribution in [-0.2, 0) is 16.1 Å². The van der Waals surface area contributed by atoms with Gasteiger partial charge in [-0.2, -0.15) is 0 Å². The van der Waals surface area contributed by atoms with E-state index in [1.54, 1.807) is 0 Å². The van der Waals surface area contributed by atoms with Crippen LogP contribution in [0, 0.1) is 0 Å². The number of nitrogens with one attached hydrogen (secondary N) is 1. The molecule has 3 N–H and O–H groups in total. The molecule has 1 rings (SSSR count). The molecule has 0 aliphatic rings. The maximum atomic E-state index is 12.0. The predicted octanol–water partition coefficient (Wildman–Crippen LogP) is 2.47. The topological polar surface area (TPSA) is 72.2 Å². The van der Waals surface area contributed by atoms with Gasteiger partial charge < -0.3 is 11.1 Å². The summed E-state index contributed by atoms with van der Waals surface area (Å²) in [4.78, 5) is 23.5. The Kier molecular flexibility index (Phi) is 5.87. The number of hydrogen-bond donors (Lipinski definition) is 2. The van der Waals surface area contributed by atoms with E-state index < -0.39 is 15.5 Å². The summed E-state index contributed by atoms with van der Waals surface area (Å²) >= 11 is 16.8. The third kappa shape index (κ3) is 4.71. The summed E-state index contributed by atoms with van der Waals surface area (Å²) < 4.78 is -2.01. The fourth-order valence-electron chi connectivity index (χ4n) is 1.48. The number of carbonyl (C=O) groups excluding carboxylic acids is 2.